The van der Waals surface area contributed by atoms with Crippen LogP contribution < -0.4 is 0 Å². The summed E-state index contributed by atoms with van der Waals surface area (Å²) in [6.45, 7) is 2.72. The van der Waals surface area contributed by atoms with Crippen LogP contribution in [0.1, 0.15) is 34.4 Å². The van der Waals surface area contributed by atoms with Gasteiger partial charge in [-0.1, -0.05) is 6.92 Å². The van der Waals surface area contributed by atoms with Gasteiger partial charge in [0.15, 0.2) is 0 Å². The molecule has 2 aromatic heterocycles. The number of aromatic carboxylic acids is 1. The molecule has 96 valence electrons. The third-order valence-electron chi connectivity index (χ3n) is 2.49. The third-order valence-corrected chi connectivity index (χ3v) is 4.13. The minimum atomic E-state index is -0.917. The zero-order valence-electron chi connectivity index (χ0n) is 9.89. The van der Waals surface area contributed by atoms with Gasteiger partial charge < -0.3 is 9.67 Å². The predicted molar refractivity (Wildman–Crippen MR) is 74.3 cm³/mol. The molecule has 1 N–H and O–H groups in total. The zero-order valence-corrected chi connectivity index (χ0v) is 12.3. The summed E-state index contributed by atoms with van der Waals surface area (Å²) in [5, 5.41) is 12.1. The fraction of sp³-hybridized carbons (Fsp3) is 0.333. The number of carbonyl (C=O) groups is 1. The molecular weight excluding hydrogens is 316 g/mol. The minimum absolute atomic E-state index is 0.283. The first-order valence-electron chi connectivity index (χ1n) is 5.62. The lowest BCUT2D eigenvalue weighted by atomic mass is 10.3. The number of hydrogen-bond donors (Lipinski definition) is 1. The highest BCUT2D eigenvalue weighted by Crippen LogP contribution is 2.19. The standard InChI is InChI=1S/C12H13BrN2O2S/c1-2-3-11-14-9(7-18-11)6-15-5-8(12(16)17)4-10(15)13/h4-5,7H,2-3,6H2,1H3,(H,16,17). The molecule has 2 rings (SSSR count). The first-order valence-corrected chi connectivity index (χ1v) is 7.29. The van der Waals surface area contributed by atoms with Crippen LogP contribution in [0.15, 0.2) is 22.2 Å². The molecule has 0 aliphatic rings. The molecule has 0 bridgehead atoms. The smallest absolute Gasteiger partial charge is 0.337 e. The Hall–Kier alpha value is -1.14. The van der Waals surface area contributed by atoms with E-state index in [2.05, 4.69) is 27.8 Å². The van der Waals surface area contributed by atoms with Gasteiger partial charge >= 0.3 is 5.97 Å². The number of carboxylic acid groups (broad SMARTS) is 1. The van der Waals surface area contributed by atoms with Crippen molar-refractivity contribution in [2.75, 3.05) is 0 Å². The van der Waals surface area contributed by atoms with Crippen molar-refractivity contribution < 1.29 is 9.90 Å². The van der Waals surface area contributed by atoms with Gasteiger partial charge in [-0.05, 0) is 34.8 Å². The Morgan fingerprint density at radius 1 is 1.61 bits per heavy atom. The monoisotopic (exact) mass is 328 g/mol. The van der Waals surface area contributed by atoms with Gasteiger partial charge in [0.1, 0.15) is 0 Å². The summed E-state index contributed by atoms with van der Waals surface area (Å²) >= 11 is 5.01. The number of carboxylic acids is 1. The lowest BCUT2D eigenvalue weighted by molar-refractivity contribution is 0.0697. The second-order valence-corrected chi connectivity index (χ2v) is 5.72. The second-order valence-electron chi connectivity index (χ2n) is 3.97. The molecule has 0 saturated carbocycles. The molecule has 4 nitrogen and oxygen atoms in total. The minimum Gasteiger partial charge on any atom is -0.478 e. The van der Waals surface area contributed by atoms with Crippen molar-refractivity contribution in [3.05, 3.63) is 38.5 Å². The molecule has 0 unspecified atom stereocenters. The number of halogens is 1. The maximum atomic E-state index is 10.9. The molecule has 0 aliphatic carbocycles. The molecule has 2 heterocycles. The van der Waals surface area contributed by atoms with Gasteiger partial charge in [0.2, 0.25) is 0 Å². The number of aromatic nitrogens is 2. The predicted octanol–water partition coefficient (Wildman–Crippen LogP) is 3.41. The van der Waals surface area contributed by atoms with E-state index in [9.17, 15) is 4.79 Å². The Kier molecular flexibility index (Phi) is 4.19. The quantitative estimate of drug-likeness (QED) is 0.915. The van der Waals surface area contributed by atoms with Crippen LogP contribution in [0.3, 0.4) is 0 Å². The summed E-state index contributed by atoms with van der Waals surface area (Å²) in [5.41, 5.74) is 1.25. The Bertz CT molecular complexity index is 562. The molecule has 2 aromatic rings. The summed E-state index contributed by atoms with van der Waals surface area (Å²) in [4.78, 5) is 15.4. The topological polar surface area (TPSA) is 55.1 Å². The lowest BCUT2D eigenvalue weighted by Crippen LogP contribution is -2.00. The molecule has 0 fully saturated rings. The van der Waals surface area contributed by atoms with Crippen molar-refractivity contribution in [1.82, 2.24) is 9.55 Å². The van der Waals surface area contributed by atoms with Gasteiger partial charge in [-0.3, -0.25) is 0 Å². The maximum Gasteiger partial charge on any atom is 0.337 e. The molecule has 0 radical (unpaired) electrons. The van der Waals surface area contributed by atoms with Crippen molar-refractivity contribution in [1.29, 1.82) is 0 Å². The molecule has 0 amide bonds. The highest BCUT2D eigenvalue weighted by molar-refractivity contribution is 9.10. The fourth-order valence-electron chi connectivity index (χ4n) is 1.64. The summed E-state index contributed by atoms with van der Waals surface area (Å²) in [6.07, 6.45) is 3.70. The van der Waals surface area contributed by atoms with Crippen LogP contribution in [0.2, 0.25) is 0 Å². The van der Waals surface area contributed by atoms with Crippen LogP contribution in [0.5, 0.6) is 0 Å². The van der Waals surface area contributed by atoms with Gasteiger partial charge in [-0.25, -0.2) is 9.78 Å². The lowest BCUT2D eigenvalue weighted by Gasteiger charge is -2.01. The van der Waals surface area contributed by atoms with Gasteiger partial charge in [-0.15, -0.1) is 11.3 Å². The summed E-state index contributed by atoms with van der Waals surface area (Å²) < 4.78 is 2.60. The Morgan fingerprint density at radius 3 is 3.00 bits per heavy atom. The van der Waals surface area contributed by atoms with Crippen LogP contribution in [-0.2, 0) is 13.0 Å². The Labute approximate surface area is 117 Å². The van der Waals surface area contributed by atoms with Crippen molar-refractivity contribution in [2.24, 2.45) is 0 Å². The average Bonchev–Trinajstić information content (AvgIpc) is 2.88. The Morgan fingerprint density at radius 2 is 2.39 bits per heavy atom. The van der Waals surface area contributed by atoms with E-state index >= 15 is 0 Å². The SMILES string of the molecule is CCCc1nc(Cn2cc(C(=O)O)cc2Br)cs1. The van der Waals surface area contributed by atoms with Crippen LogP contribution in [0, 0.1) is 0 Å². The summed E-state index contributed by atoms with van der Waals surface area (Å²) in [7, 11) is 0. The van der Waals surface area contributed by atoms with E-state index in [0.29, 0.717) is 6.54 Å². The van der Waals surface area contributed by atoms with E-state index < -0.39 is 5.97 Å². The number of rotatable bonds is 5. The molecule has 0 saturated heterocycles. The van der Waals surface area contributed by atoms with E-state index in [1.807, 2.05) is 9.95 Å². The van der Waals surface area contributed by atoms with E-state index in [1.54, 1.807) is 23.6 Å². The van der Waals surface area contributed by atoms with Gasteiger partial charge in [0.25, 0.3) is 0 Å². The van der Waals surface area contributed by atoms with Crippen molar-refractivity contribution >= 4 is 33.2 Å². The molecule has 0 aliphatic heterocycles. The number of nitrogens with zero attached hydrogens (tertiary/aromatic N) is 2. The van der Waals surface area contributed by atoms with Crippen LogP contribution in [0.4, 0.5) is 0 Å². The number of aryl methyl sites for hydroxylation is 1. The van der Waals surface area contributed by atoms with E-state index in [-0.39, 0.29) is 5.56 Å². The molecule has 0 aromatic carbocycles. The number of thiazole rings is 1. The summed E-state index contributed by atoms with van der Waals surface area (Å²) in [5.74, 6) is -0.917. The first kappa shape index (κ1) is 13.3. The fourth-order valence-corrected chi connectivity index (χ4v) is 3.01. The number of hydrogen-bond acceptors (Lipinski definition) is 3. The van der Waals surface area contributed by atoms with Crippen LogP contribution in [0.25, 0.3) is 0 Å². The van der Waals surface area contributed by atoms with Crippen molar-refractivity contribution in [2.45, 2.75) is 26.3 Å². The Balaban J connectivity index is 2.14. The van der Waals surface area contributed by atoms with Gasteiger partial charge in [0.05, 0.1) is 27.4 Å². The van der Waals surface area contributed by atoms with E-state index in [0.717, 1.165) is 28.1 Å². The normalized spacial score (nSPS) is 10.8. The largest absolute Gasteiger partial charge is 0.478 e. The molecule has 0 spiro atoms. The highest BCUT2D eigenvalue weighted by atomic mass is 79.9. The van der Waals surface area contributed by atoms with Crippen LogP contribution in [-0.4, -0.2) is 20.6 Å². The molecular formula is C12H13BrN2O2S. The van der Waals surface area contributed by atoms with Crippen molar-refractivity contribution in [3.63, 3.8) is 0 Å². The third kappa shape index (κ3) is 3.00. The highest BCUT2D eigenvalue weighted by Gasteiger charge is 2.10. The van der Waals surface area contributed by atoms with Gasteiger partial charge in [-0.2, -0.15) is 0 Å². The van der Waals surface area contributed by atoms with E-state index in [1.165, 1.54) is 0 Å². The zero-order chi connectivity index (χ0) is 13.1. The molecule has 18 heavy (non-hydrogen) atoms. The van der Waals surface area contributed by atoms with Crippen molar-refractivity contribution in [3.8, 4) is 0 Å². The first-order chi connectivity index (χ1) is 8.60. The van der Waals surface area contributed by atoms with Gasteiger partial charge in [0, 0.05) is 11.6 Å². The van der Waals surface area contributed by atoms with E-state index in [4.69, 9.17) is 5.11 Å². The molecule has 6 heteroatoms. The summed E-state index contributed by atoms with van der Waals surface area (Å²) in [6, 6.07) is 1.60. The molecule has 0 atom stereocenters. The van der Waals surface area contributed by atoms with Crippen LogP contribution >= 0.6 is 27.3 Å². The maximum absolute atomic E-state index is 10.9. The second kappa shape index (κ2) is 5.67. The average molecular weight is 329 g/mol.